The van der Waals surface area contributed by atoms with Crippen LogP contribution in [-0.4, -0.2) is 16.8 Å². The van der Waals surface area contributed by atoms with E-state index >= 15 is 0 Å². The molecule has 0 saturated carbocycles. The van der Waals surface area contributed by atoms with E-state index < -0.39 is 16.6 Å². The van der Waals surface area contributed by atoms with Crippen molar-refractivity contribution in [3.63, 3.8) is 0 Å². The maximum absolute atomic E-state index is 11.7. The molecule has 0 aliphatic rings. The van der Waals surface area contributed by atoms with Crippen LogP contribution in [0.25, 0.3) is 10.2 Å². The van der Waals surface area contributed by atoms with E-state index in [1.54, 1.807) is 18.3 Å². The van der Waals surface area contributed by atoms with Crippen LogP contribution in [0.15, 0.2) is 29.2 Å². The average molecular weight is 248 g/mol. The largest absolute Gasteiger partial charge is 0.292 e. The minimum atomic E-state index is -0.676. The van der Waals surface area contributed by atoms with Gasteiger partial charge in [0.1, 0.15) is 4.83 Å². The van der Waals surface area contributed by atoms with Crippen LogP contribution in [0.5, 0.6) is 0 Å². The Labute approximate surface area is 100 Å². The number of fused-ring (bicyclic) bond motifs is 1. The molecular weight excluding hydrogens is 240 g/mol. The molecule has 17 heavy (non-hydrogen) atoms. The number of nitrogens with zero attached hydrogens (tertiary/aromatic N) is 1. The number of amides is 2. The molecule has 86 valence electrons. The summed E-state index contributed by atoms with van der Waals surface area (Å²) in [5, 5.41) is 2.77. The Kier molecular flexibility index (Phi) is 2.97. The van der Waals surface area contributed by atoms with Crippen LogP contribution in [0.1, 0.15) is 17.3 Å². The van der Waals surface area contributed by atoms with Crippen molar-refractivity contribution in [2.75, 3.05) is 0 Å². The fraction of sp³-hybridized carbons (Fsp3) is 0.0909. The summed E-state index contributed by atoms with van der Waals surface area (Å²) in [6.45, 7) is 1.22. The van der Waals surface area contributed by atoms with Crippen molar-refractivity contribution in [1.29, 1.82) is 0 Å². The zero-order valence-corrected chi connectivity index (χ0v) is 9.71. The lowest BCUT2D eigenvalue weighted by Gasteiger charge is -2.01. The van der Waals surface area contributed by atoms with Crippen LogP contribution in [0.2, 0.25) is 0 Å². The number of hydrogen-bond acceptors (Lipinski definition) is 5. The van der Waals surface area contributed by atoms with E-state index in [1.165, 1.54) is 13.0 Å². The molecule has 0 bridgehead atoms. The highest BCUT2D eigenvalue weighted by Crippen LogP contribution is 2.13. The maximum atomic E-state index is 11.7. The number of aromatic nitrogens is 1. The lowest BCUT2D eigenvalue weighted by Crippen LogP contribution is -2.31. The second-order valence-corrected chi connectivity index (χ2v) is 4.32. The van der Waals surface area contributed by atoms with E-state index in [4.69, 9.17) is 0 Å². The Hall–Kier alpha value is -2.08. The Balaban J connectivity index is 2.55. The molecule has 2 aromatic heterocycles. The number of hydrogen-bond donors (Lipinski definition) is 1. The molecule has 0 unspecified atom stereocenters. The van der Waals surface area contributed by atoms with Crippen LogP contribution < -0.4 is 10.1 Å². The highest BCUT2D eigenvalue weighted by atomic mass is 32.1. The van der Waals surface area contributed by atoms with Crippen LogP contribution in [0.4, 0.5) is 0 Å². The van der Waals surface area contributed by atoms with Gasteiger partial charge in [-0.15, -0.1) is 0 Å². The maximum Gasteiger partial charge on any atom is 0.262 e. The standard InChI is InChI=1S/C11H8N2O3S/c1-6(14)13-9(15)8-5-7-3-2-4-12-10(7)17-11(8)16/h2-5H,1H3,(H,13,14,15). The minimum Gasteiger partial charge on any atom is -0.292 e. The van der Waals surface area contributed by atoms with Crippen molar-refractivity contribution in [2.24, 2.45) is 0 Å². The molecule has 6 heteroatoms. The SMILES string of the molecule is CC(=O)NC(=O)c1cc2cccnc2sc1=O. The number of carbonyl (C=O) groups is 2. The molecule has 0 radical (unpaired) electrons. The van der Waals surface area contributed by atoms with Gasteiger partial charge in [-0.2, -0.15) is 0 Å². The van der Waals surface area contributed by atoms with Gasteiger partial charge in [-0.1, -0.05) is 17.4 Å². The van der Waals surface area contributed by atoms with Gasteiger partial charge in [-0.05, 0) is 12.1 Å². The summed E-state index contributed by atoms with van der Waals surface area (Å²) in [6, 6.07) is 4.91. The molecule has 0 atom stereocenters. The lowest BCUT2D eigenvalue weighted by molar-refractivity contribution is -0.118. The molecule has 2 heterocycles. The summed E-state index contributed by atoms with van der Waals surface area (Å²) in [6.07, 6.45) is 1.58. The van der Waals surface area contributed by atoms with Gasteiger partial charge in [-0.3, -0.25) is 19.7 Å². The zero-order chi connectivity index (χ0) is 12.4. The van der Waals surface area contributed by atoms with Gasteiger partial charge in [0.25, 0.3) is 5.91 Å². The average Bonchev–Trinajstić information content (AvgIpc) is 2.27. The van der Waals surface area contributed by atoms with Crippen LogP contribution in [-0.2, 0) is 4.79 Å². The fourth-order valence-corrected chi connectivity index (χ4v) is 2.14. The van der Waals surface area contributed by atoms with E-state index in [1.807, 2.05) is 0 Å². The number of pyridine rings is 1. The smallest absolute Gasteiger partial charge is 0.262 e. The first kappa shape index (κ1) is 11.4. The van der Waals surface area contributed by atoms with Crippen molar-refractivity contribution in [1.82, 2.24) is 10.3 Å². The summed E-state index contributed by atoms with van der Waals surface area (Å²) in [5.74, 6) is -1.17. The van der Waals surface area contributed by atoms with Gasteiger partial charge in [-0.25, -0.2) is 4.98 Å². The van der Waals surface area contributed by atoms with Gasteiger partial charge >= 0.3 is 0 Å². The molecule has 1 N–H and O–H groups in total. The predicted molar refractivity (Wildman–Crippen MR) is 64.0 cm³/mol. The molecule has 0 aliphatic heterocycles. The fourth-order valence-electron chi connectivity index (χ4n) is 1.34. The van der Waals surface area contributed by atoms with Crippen molar-refractivity contribution in [3.8, 4) is 0 Å². The van der Waals surface area contributed by atoms with Gasteiger partial charge in [0, 0.05) is 18.5 Å². The molecule has 0 aromatic carbocycles. The molecule has 0 spiro atoms. The lowest BCUT2D eigenvalue weighted by atomic mass is 10.2. The van der Waals surface area contributed by atoms with E-state index in [-0.39, 0.29) is 5.56 Å². The first-order valence-corrected chi connectivity index (χ1v) is 5.60. The monoisotopic (exact) mass is 248 g/mol. The predicted octanol–water partition coefficient (Wildman–Crippen LogP) is 0.933. The van der Waals surface area contributed by atoms with E-state index in [2.05, 4.69) is 10.3 Å². The molecule has 2 aromatic rings. The molecule has 5 nitrogen and oxygen atoms in total. The van der Waals surface area contributed by atoms with E-state index in [0.717, 1.165) is 11.3 Å². The Morgan fingerprint density at radius 1 is 1.41 bits per heavy atom. The zero-order valence-electron chi connectivity index (χ0n) is 8.89. The molecule has 0 fully saturated rings. The number of rotatable bonds is 1. The van der Waals surface area contributed by atoms with Gasteiger partial charge < -0.3 is 0 Å². The number of imide groups is 1. The van der Waals surface area contributed by atoms with Gasteiger partial charge in [0.15, 0.2) is 0 Å². The normalized spacial score (nSPS) is 10.2. The second-order valence-electron chi connectivity index (χ2n) is 3.36. The summed E-state index contributed by atoms with van der Waals surface area (Å²) in [4.78, 5) is 38.6. The first-order chi connectivity index (χ1) is 8.08. The van der Waals surface area contributed by atoms with Gasteiger partial charge in [0.2, 0.25) is 10.6 Å². The van der Waals surface area contributed by atoms with Crippen molar-refractivity contribution >= 4 is 33.4 Å². The third-order valence-electron chi connectivity index (χ3n) is 2.04. The summed E-state index contributed by atoms with van der Waals surface area (Å²) >= 11 is 0.885. The van der Waals surface area contributed by atoms with Gasteiger partial charge in [0.05, 0.1) is 5.56 Å². The summed E-state index contributed by atoms with van der Waals surface area (Å²) < 4.78 is -0.407. The van der Waals surface area contributed by atoms with Crippen molar-refractivity contribution in [3.05, 3.63) is 39.5 Å². The van der Waals surface area contributed by atoms with Crippen LogP contribution in [0.3, 0.4) is 0 Å². The molecule has 0 aliphatic carbocycles. The molecule has 0 saturated heterocycles. The topological polar surface area (TPSA) is 76.1 Å². The van der Waals surface area contributed by atoms with E-state index in [9.17, 15) is 14.4 Å². The number of nitrogens with one attached hydrogen (secondary N) is 1. The summed E-state index contributed by atoms with van der Waals surface area (Å²) in [5.41, 5.74) is -0.0364. The third kappa shape index (κ3) is 2.36. The van der Waals surface area contributed by atoms with Crippen molar-refractivity contribution < 1.29 is 9.59 Å². The quantitative estimate of drug-likeness (QED) is 0.814. The van der Waals surface area contributed by atoms with Crippen LogP contribution in [0, 0.1) is 0 Å². The summed E-state index contributed by atoms with van der Waals surface area (Å²) in [7, 11) is 0. The molecule has 2 rings (SSSR count). The second kappa shape index (κ2) is 4.42. The molecular formula is C11H8N2O3S. The first-order valence-electron chi connectivity index (χ1n) is 4.79. The Morgan fingerprint density at radius 2 is 2.18 bits per heavy atom. The highest BCUT2D eigenvalue weighted by Gasteiger charge is 2.13. The van der Waals surface area contributed by atoms with E-state index in [0.29, 0.717) is 10.2 Å². The molecule has 2 amide bonds. The Morgan fingerprint density at radius 3 is 2.88 bits per heavy atom. The Bertz CT molecular complexity index is 663. The van der Waals surface area contributed by atoms with Crippen LogP contribution >= 0.6 is 11.3 Å². The minimum absolute atomic E-state index is 0.0364. The van der Waals surface area contributed by atoms with Crippen molar-refractivity contribution in [2.45, 2.75) is 6.92 Å². The number of carbonyl (C=O) groups excluding carboxylic acids is 2. The highest BCUT2D eigenvalue weighted by molar-refractivity contribution is 7.16. The third-order valence-corrected chi connectivity index (χ3v) is 2.98.